The van der Waals surface area contributed by atoms with Crippen LogP contribution in [0.3, 0.4) is 0 Å². The first-order chi connectivity index (χ1) is 13.9. The minimum Gasteiger partial charge on any atom is -0.326 e. The topological polar surface area (TPSA) is 61.8 Å². The van der Waals surface area contributed by atoms with Gasteiger partial charge in [-0.2, -0.15) is 0 Å². The summed E-state index contributed by atoms with van der Waals surface area (Å²) in [6, 6.07) is 13.8. The highest BCUT2D eigenvalue weighted by Crippen LogP contribution is 2.32. The van der Waals surface area contributed by atoms with E-state index in [1.165, 1.54) is 11.8 Å². The van der Waals surface area contributed by atoms with Gasteiger partial charge in [-0.15, -0.1) is 0 Å². The second-order valence-corrected chi connectivity index (χ2v) is 8.52. The molecule has 5 nitrogen and oxygen atoms in total. The van der Waals surface area contributed by atoms with Crippen molar-refractivity contribution >= 4 is 40.1 Å². The molecule has 1 aliphatic heterocycles. The minimum atomic E-state index is -0.449. The van der Waals surface area contributed by atoms with Crippen LogP contribution in [0.2, 0.25) is 0 Å². The Morgan fingerprint density at radius 2 is 1.76 bits per heavy atom. The average molecular weight is 410 g/mol. The fourth-order valence-electron chi connectivity index (χ4n) is 3.25. The number of hydrogen-bond acceptors (Lipinski definition) is 4. The van der Waals surface area contributed by atoms with Crippen LogP contribution < -0.4 is 5.32 Å². The van der Waals surface area contributed by atoms with Crippen LogP contribution in [-0.2, 0) is 9.59 Å². The smallest absolute Gasteiger partial charge is 0.242 e. The number of hydrogen-bond donors (Lipinski definition) is 1. The van der Waals surface area contributed by atoms with E-state index in [0.29, 0.717) is 11.7 Å². The van der Waals surface area contributed by atoms with Gasteiger partial charge in [0.2, 0.25) is 11.8 Å². The molecule has 0 spiro atoms. The Labute approximate surface area is 176 Å². The number of amidine groups is 1. The summed E-state index contributed by atoms with van der Waals surface area (Å²) in [6.45, 7) is 8.59. The summed E-state index contributed by atoms with van der Waals surface area (Å²) in [7, 11) is 0. The van der Waals surface area contributed by atoms with Gasteiger partial charge in [-0.25, -0.2) is 4.99 Å². The summed E-state index contributed by atoms with van der Waals surface area (Å²) in [5.41, 5.74) is 4.83. The lowest BCUT2D eigenvalue weighted by Crippen LogP contribution is -2.34. The highest BCUT2D eigenvalue weighted by Gasteiger charge is 2.38. The Morgan fingerprint density at radius 3 is 2.38 bits per heavy atom. The highest BCUT2D eigenvalue weighted by molar-refractivity contribution is 8.15. The van der Waals surface area contributed by atoms with Gasteiger partial charge < -0.3 is 5.32 Å². The van der Waals surface area contributed by atoms with Crippen molar-refractivity contribution in [1.29, 1.82) is 0 Å². The van der Waals surface area contributed by atoms with Crippen molar-refractivity contribution in [1.82, 2.24) is 4.90 Å². The van der Waals surface area contributed by atoms with Crippen LogP contribution in [0.1, 0.15) is 36.5 Å². The van der Waals surface area contributed by atoms with Crippen molar-refractivity contribution in [2.24, 2.45) is 4.99 Å². The molecule has 0 radical (unpaired) electrons. The van der Waals surface area contributed by atoms with E-state index in [2.05, 4.69) is 10.3 Å². The van der Waals surface area contributed by atoms with E-state index in [0.717, 1.165) is 34.5 Å². The van der Waals surface area contributed by atoms with Crippen molar-refractivity contribution in [2.75, 3.05) is 11.9 Å². The largest absolute Gasteiger partial charge is 0.326 e. The average Bonchev–Trinajstić information content (AvgIpc) is 2.96. The van der Waals surface area contributed by atoms with Gasteiger partial charge in [0.1, 0.15) is 5.25 Å². The molecule has 1 N–H and O–H groups in total. The third-order valence-electron chi connectivity index (χ3n) is 4.84. The number of nitrogens with one attached hydrogen (secondary N) is 1. The van der Waals surface area contributed by atoms with Crippen LogP contribution >= 0.6 is 11.8 Å². The summed E-state index contributed by atoms with van der Waals surface area (Å²) in [5, 5.41) is 3.20. The van der Waals surface area contributed by atoms with Crippen molar-refractivity contribution in [3.8, 4) is 0 Å². The predicted octanol–water partition coefficient (Wildman–Crippen LogP) is 4.98. The molecule has 0 unspecified atom stereocenters. The van der Waals surface area contributed by atoms with Crippen LogP contribution in [0.4, 0.5) is 11.4 Å². The maximum Gasteiger partial charge on any atom is 0.242 e. The zero-order valence-corrected chi connectivity index (χ0v) is 18.2. The summed E-state index contributed by atoms with van der Waals surface area (Å²) in [4.78, 5) is 31.9. The molecule has 3 rings (SSSR count). The molecule has 1 aliphatic rings. The number of carbonyl (C=O) groups excluding carboxylic acids is 2. The van der Waals surface area contributed by atoms with E-state index in [4.69, 9.17) is 0 Å². The molecule has 29 heavy (non-hydrogen) atoms. The van der Waals surface area contributed by atoms with E-state index < -0.39 is 5.25 Å². The summed E-state index contributed by atoms with van der Waals surface area (Å²) < 4.78 is 0. The van der Waals surface area contributed by atoms with Crippen molar-refractivity contribution in [2.45, 2.75) is 45.8 Å². The molecule has 2 aromatic rings. The Bertz CT molecular complexity index is 917. The lowest BCUT2D eigenvalue weighted by molar-refractivity contribution is -0.128. The van der Waals surface area contributed by atoms with Gasteiger partial charge in [-0.1, -0.05) is 54.6 Å². The first-order valence-electron chi connectivity index (χ1n) is 9.88. The fourth-order valence-corrected chi connectivity index (χ4v) is 4.44. The molecule has 2 aromatic carbocycles. The third-order valence-corrected chi connectivity index (χ3v) is 6.02. The van der Waals surface area contributed by atoms with Crippen LogP contribution in [0.5, 0.6) is 0 Å². The van der Waals surface area contributed by atoms with Gasteiger partial charge in [0.15, 0.2) is 5.17 Å². The molecule has 0 aliphatic carbocycles. The van der Waals surface area contributed by atoms with E-state index in [-0.39, 0.29) is 18.2 Å². The van der Waals surface area contributed by atoms with Crippen molar-refractivity contribution in [3.63, 3.8) is 0 Å². The lowest BCUT2D eigenvalue weighted by atomic mass is 10.1. The molecule has 6 heteroatoms. The number of aryl methyl sites for hydroxylation is 3. The quantitative estimate of drug-likeness (QED) is 0.732. The number of nitrogens with zero attached hydrogens (tertiary/aromatic N) is 2. The lowest BCUT2D eigenvalue weighted by Gasteiger charge is -2.15. The Balaban J connectivity index is 1.75. The fraction of sp³-hybridized carbons (Fsp3) is 0.348. The first-order valence-corrected chi connectivity index (χ1v) is 10.8. The van der Waals surface area contributed by atoms with Crippen molar-refractivity contribution in [3.05, 3.63) is 59.2 Å². The van der Waals surface area contributed by atoms with E-state index in [9.17, 15) is 9.59 Å². The second-order valence-electron chi connectivity index (χ2n) is 7.35. The summed E-state index contributed by atoms with van der Waals surface area (Å²) in [5.74, 6) is -0.194. The highest BCUT2D eigenvalue weighted by atomic mass is 32.2. The van der Waals surface area contributed by atoms with Crippen LogP contribution in [0.15, 0.2) is 47.5 Å². The molecule has 0 bridgehead atoms. The number of aliphatic imine (C=N–C) groups is 1. The van der Waals surface area contributed by atoms with Gasteiger partial charge in [0.25, 0.3) is 0 Å². The van der Waals surface area contributed by atoms with Gasteiger partial charge >= 0.3 is 0 Å². The number of carbonyl (C=O) groups is 2. The molecule has 2 amide bonds. The molecule has 1 heterocycles. The Morgan fingerprint density at radius 1 is 1.10 bits per heavy atom. The maximum absolute atomic E-state index is 12.9. The molecular formula is C23H27N3O2S. The standard InChI is InChI=1S/C23H27N3O2S/c1-5-13-26-22(28)19(29-23(26)24-18-11-9-15(2)10-12-18)14-20(27)25-21-16(3)7-6-8-17(21)4/h6-12,19H,5,13-14H2,1-4H3,(H,25,27)/t19-/m1/s1. The minimum absolute atomic E-state index is 0.0423. The number of para-hydroxylation sites is 1. The van der Waals surface area contributed by atoms with E-state index >= 15 is 0 Å². The number of rotatable bonds is 6. The van der Waals surface area contributed by atoms with Gasteiger partial charge in [-0.3, -0.25) is 14.5 Å². The van der Waals surface area contributed by atoms with Crippen LogP contribution in [0, 0.1) is 20.8 Å². The van der Waals surface area contributed by atoms with E-state index in [1.54, 1.807) is 4.90 Å². The Hall–Kier alpha value is -2.60. The van der Waals surface area contributed by atoms with E-state index in [1.807, 2.05) is 70.2 Å². The Kier molecular flexibility index (Phi) is 6.75. The molecule has 1 saturated heterocycles. The number of thioether (sulfide) groups is 1. The van der Waals surface area contributed by atoms with Crippen LogP contribution in [-0.4, -0.2) is 33.7 Å². The SMILES string of the molecule is CCCN1C(=O)[C@@H](CC(=O)Nc2c(C)cccc2C)SC1=Nc1ccc(C)cc1. The molecule has 1 fully saturated rings. The summed E-state index contributed by atoms with van der Waals surface area (Å²) >= 11 is 1.38. The molecule has 1 atom stereocenters. The molecule has 0 saturated carbocycles. The predicted molar refractivity (Wildman–Crippen MR) is 121 cm³/mol. The second kappa shape index (κ2) is 9.27. The zero-order chi connectivity index (χ0) is 21.0. The third kappa shape index (κ3) is 5.07. The van der Waals surface area contributed by atoms with Gasteiger partial charge in [0.05, 0.1) is 5.69 Å². The first kappa shape index (κ1) is 21.1. The monoisotopic (exact) mass is 409 g/mol. The number of anilines is 1. The number of benzene rings is 2. The van der Waals surface area contributed by atoms with Crippen LogP contribution in [0.25, 0.3) is 0 Å². The normalized spacial score (nSPS) is 17.8. The molecule has 0 aromatic heterocycles. The molecule has 152 valence electrons. The number of amides is 2. The zero-order valence-electron chi connectivity index (χ0n) is 17.4. The van der Waals surface area contributed by atoms with Crippen molar-refractivity contribution < 1.29 is 9.59 Å². The molecular weight excluding hydrogens is 382 g/mol. The summed E-state index contributed by atoms with van der Waals surface area (Å²) in [6.07, 6.45) is 0.963. The van der Waals surface area contributed by atoms with Gasteiger partial charge in [0, 0.05) is 18.7 Å². The maximum atomic E-state index is 12.9. The van der Waals surface area contributed by atoms with Gasteiger partial charge in [-0.05, 0) is 50.5 Å².